The van der Waals surface area contributed by atoms with E-state index in [4.69, 9.17) is 0 Å². The third-order valence-electron chi connectivity index (χ3n) is 4.97. The molecule has 1 aliphatic heterocycles. The Morgan fingerprint density at radius 1 is 1.07 bits per heavy atom. The van der Waals surface area contributed by atoms with E-state index in [-0.39, 0.29) is 11.4 Å². The molecule has 1 N–H and O–H groups in total. The molecule has 28 heavy (non-hydrogen) atoms. The van der Waals surface area contributed by atoms with Crippen LogP contribution >= 0.6 is 0 Å². The summed E-state index contributed by atoms with van der Waals surface area (Å²) in [4.78, 5) is 20.8. The van der Waals surface area contributed by atoms with Crippen molar-refractivity contribution in [1.82, 2.24) is 25.0 Å². The molecule has 9 heteroatoms. The van der Waals surface area contributed by atoms with E-state index >= 15 is 0 Å². The number of halogens is 3. The van der Waals surface area contributed by atoms with Gasteiger partial charge in [-0.25, -0.2) is 0 Å². The lowest BCUT2D eigenvalue weighted by Gasteiger charge is -2.32. The average Bonchev–Trinajstić information content (AvgIpc) is 3.15. The van der Waals surface area contributed by atoms with Crippen molar-refractivity contribution in [3.63, 3.8) is 0 Å². The minimum Gasteiger partial charge on any atom is -0.336 e. The molecular formula is C19H18F3N5O. The van der Waals surface area contributed by atoms with Crippen molar-refractivity contribution in [3.8, 4) is 11.1 Å². The lowest BCUT2D eigenvalue weighted by molar-refractivity contribution is -0.137. The van der Waals surface area contributed by atoms with Gasteiger partial charge in [0, 0.05) is 49.5 Å². The van der Waals surface area contributed by atoms with E-state index in [1.807, 2.05) is 7.05 Å². The van der Waals surface area contributed by atoms with Crippen LogP contribution in [-0.4, -0.2) is 64.1 Å². The van der Waals surface area contributed by atoms with Gasteiger partial charge in [0.05, 0.1) is 22.8 Å². The van der Waals surface area contributed by atoms with Crippen molar-refractivity contribution in [2.45, 2.75) is 6.18 Å². The first-order valence-corrected chi connectivity index (χ1v) is 8.80. The Labute approximate surface area is 159 Å². The van der Waals surface area contributed by atoms with Gasteiger partial charge in [-0.3, -0.25) is 14.9 Å². The molecule has 3 heterocycles. The van der Waals surface area contributed by atoms with Crippen LogP contribution in [0.4, 0.5) is 13.2 Å². The number of nitrogens with one attached hydrogen (secondary N) is 1. The minimum atomic E-state index is -4.49. The standard InChI is InChI=1S/C19H18F3N5O/c1-26-2-4-27(5-3-26)18(28)13-6-12(9-23-10-13)15-7-14(19(20,21)22)8-17-16(15)11-24-25-17/h6-11H,2-5H2,1H3,(H,24,25). The summed E-state index contributed by atoms with van der Waals surface area (Å²) < 4.78 is 39.9. The summed E-state index contributed by atoms with van der Waals surface area (Å²) in [6, 6.07) is 3.69. The first kappa shape index (κ1) is 18.4. The summed E-state index contributed by atoms with van der Waals surface area (Å²) in [5.41, 5.74) is 0.628. The highest BCUT2D eigenvalue weighted by Crippen LogP contribution is 2.36. The lowest BCUT2D eigenvalue weighted by Crippen LogP contribution is -2.47. The topological polar surface area (TPSA) is 65.1 Å². The normalized spacial score (nSPS) is 15.9. The maximum absolute atomic E-state index is 13.3. The molecule has 4 rings (SSSR count). The Balaban J connectivity index is 1.74. The Bertz CT molecular complexity index is 1020. The van der Waals surface area contributed by atoms with Crippen LogP contribution in [0.25, 0.3) is 22.0 Å². The van der Waals surface area contributed by atoms with E-state index in [9.17, 15) is 18.0 Å². The van der Waals surface area contributed by atoms with E-state index in [1.165, 1.54) is 18.6 Å². The predicted octanol–water partition coefficient (Wildman–Crippen LogP) is 3.03. The SMILES string of the molecule is CN1CCN(C(=O)c2cncc(-c3cc(C(F)(F)F)cc4[nH]ncc34)c2)CC1. The number of hydrogen-bond donors (Lipinski definition) is 1. The van der Waals surface area contributed by atoms with Gasteiger partial charge >= 0.3 is 6.18 Å². The van der Waals surface area contributed by atoms with Gasteiger partial charge in [-0.05, 0) is 30.8 Å². The number of carbonyl (C=O) groups excluding carboxylic acids is 1. The molecule has 1 amide bonds. The zero-order valence-corrected chi connectivity index (χ0v) is 15.1. The van der Waals surface area contributed by atoms with Crippen LogP contribution in [0.5, 0.6) is 0 Å². The fourth-order valence-corrected chi connectivity index (χ4v) is 3.35. The smallest absolute Gasteiger partial charge is 0.336 e. The number of piperazine rings is 1. The summed E-state index contributed by atoms with van der Waals surface area (Å²) in [7, 11) is 1.99. The van der Waals surface area contributed by atoms with Crippen molar-refractivity contribution >= 4 is 16.8 Å². The van der Waals surface area contributed by atoms with Gasteiger partial charge < -0.3 is 9.80 Å². The van der Waals surface area contributed by atoms with E-state index in [2.05, 4.69) is 20.1 Å². The zero-order chi connectivity index (χ0) is 19.9. The highest BCUT2D eigenvalue weighted by atomic mass is 19.4. The molecule has 1 saturated heterocycles. The molecular weight excluding hydrogens is 371 g/mol. The number of fused-ring (bicyclic) bond motifs is 1. The average molecular weight is 389 g/mol. The second-order valence-electron chi connectivity index (χ2n) is 6.91. The summed E-state index contributed by atoms with van der Waals surface area (Å²) in [6.07, 6.45) is -0.110. The number of benzene rings is 1. The van der Waals surface area contributed by atoms with Crippen molar-refractivity contribution in [2.24, 2.45) is 0 Å². The van der Waals surface area contributed by atoms with Gasteiger partial charge in [0.25, 0.3) is 5.91 Å². The van der Waals surface area contributed by atoms with Crippen LogP contribution in [-0.2, 0) is 6.18 Å². The molecule has 0 radical (unpaired) electrons. The molecule has 1 aliphatic rings. The van der Waals surface area contributed by atoms with E-state index in [0.717, 1.165) is 25.2 Å². The maximum atomic E-state index is 13.3. The lowest BCUT2D eigenvalue weighted by atomic mass is 9.99. The van der Waals surface area contributed by atoms with E-state index < -0.39 is 11.7 Å². The van der Waals surface area contributed by atoms with Gasteiger partial charge in [0.1, 0.15) is 0 Å². The largest absolute Gasteiger partial charge is 0.416 e. The summed E-state index contributed by atoms with van der Waals surface area (Å²) >= 11 is 0. The van der Waals surface area contributed by atoms with Crippen molar-refractivity contribution < 1.29 is 18.0 Å². The number of aromatic nitrogens is 3. The van der Waals surface area contributed by atoms with Crippen LogP contribution in [0.15, 0.2) is 36.8 Å². The Hall–Kier alpha value is -2.94. The van der Waals surface area contributed by atoms with Crippen LogP contribution in [0.1, 0.15) is 15.9 Å². The fourth-order valence-electron chi connectivity index (χ4n) is 3.35. The van der Waals surface area contributed by atoms with Gasteiger partial charge in [-0.2, -0.15) is 18.3 Å². The van der Waals surface area contributed by atoms with Crippen molar-refractivity contribution in [3.05, 3.63) is 47.9 Å². The molecule has 0 unspecified atom stereocenters. The predicted molar refractivity (Wildman–Crippen MR) is 97.7 cm³/mol. The Kier molecular flexibility index (Phi) is 4.54. The molecule has 0 aliphatic carbocycles. The van der Waals surface area contributed by atoms with Crippen LogP contribution in [0.2, 0.25) is 0 Å². The molecule has 0 spiro atoms. The molecule has 1 fully saturated rings. The molecule has 0 bridgehead atoms. The number of alkyl halides is 3. The van der Waals surface area contributed by atoms with Crippen molar-refractivity contribution in [1.29, 1.82) is 0 Å². The number of carbonyl (C=O) groups is 1. The van der Waals surface area contributed by atoms with Crippen LogP contribution in [0.3, 0.4) is 0 Å². The third kappa shape index (κ3) is 3.45. The van der Waals surface area contributed by atoms with Gasteiger partial charge in [0.2, 0.25) is 0 Å². The molecule has 0 saturated carbocycles. The number of likely N-dealkylation sites (N-methyl/N-ethyl adjacent to an activating group) is 1. The van der Waals surface area contributed by atoms with Gasteiger partial charge in [0.15, 0.2) is 0 Å². The molecule has 6 nitrogen and oxygen atoms in total. The summed E-state index contributed by atoms with van der Waals surface area (Å²) in [5.74, 6) is -0.169. The number of aromatic amines is 1. The van der Waals surface area contributed by atoms with Gasteiger partial charge in [-0.1, -0.05) is 0 Å². The molecule has 3 aromatic rings. The Morgan fingerprint density at radius 3 is 2.54 bits per heavy atom. The molecule has 1 aromatic carbocycles. The highest BCUT2D eigenvalue weighted by Gasteiger charge is 2.32. The van der Waals surface area contributed by atoms with E-state index in [1.54, 1.807) is 11.0 Å². The first-order valence-electron chi connectivity index (χ1n) is 8.80. The second kappa shape index (κ2) is 6.90. The monoisotopic (exact) mass is 389 g/mol. The van der Waals surface area contributed by atoms with Crippen LogP contribution in [0, 0.1) is 0 Å². The number of amides is 1. The molecule has 2 aromatic heterocycles. The third-order valence-corrected chi connectivity index (χ3v) is 4.97. The zero-order valence-electron chi connectivity index (χ0n) is 15.1. The first-order chi connectivity index (χ1) is 13.3. The second-order valence-corrected chi connectivity index (χ2v) is 6.91. The number of hydrogen-bond acceptors (Lipinski definition) is 4. The minimum absolute atomic E-state index is 0.169. The molecule has 146 valence electrons. The number of pyridine rings is 1. The fraction of sp³-hybridized carbons (Fsp3) is 0.316. The summed E-state index contributed by atoms with van der Waals surface area (Å²) in [5, 5.41) is 6.98. The van der Waals surface area contributed by atoms with Gasteiger partial charge in [-0.15, -0.1) is 0 Å². The number of H-pyrrole nitrogens is 1. The number of rotatable bonds is 2. The van der Waals surface area contributed by atoms with Crippen LogP contribution < -0.4 is 0 Å². The maximum Gasteiger partial charge on any atom is 0.416 e. The van der Waals surface area contributed by atoms with Crippen molar-refractivity contribution in [2.75, 3.05) is 33.2 Å². The highest BCUT2D eigenvalue weighted by molar-refractivity contribution is 5.98. The van der Waals surface area contributed by atoms with E-state index in [0.29, 0.717) is 35.2 Å². The summed E-state index contributed by atoms with van der Waals surface area (Å²) in [6.45, 7) is 2.77. The quantitative estimate of drug-likeness (QED) is 0.732. The molecule has 0 atom stereocenters. The Morgan fingerprint density at radius 2 is 1.82 bits per heavy atom. The number of nitrogens with zero attached hydrogens (tertiary/aromatic N) is 4.